The number of carboxylic acids is 1. The van der Waals surface area contributed by atoms with Crippen LogP contribution >= 0.6 is 0 Å². The third-order valence-electron chi connectivity index (χ3n) is 10.6. The summed E-state index contributed by atoms with van der Waals surface area (Å²) in [5.41, 5.74) is 0. The second-order valence-electron chi connectivity index (χ2n) is 16.0. The number of carboxylic acid groups (broad SMARTS) is 1. The lowest BCUT2D eigenvalue weighted by atomic mass is 10.0. The molecule has 0 aromatic rings. The van der Waals surface area contributed by atoms with Gasteiger partial charge in [0.25, 0.3) is 0 Å². The summed E-state index contributed by atoms with van der Waals surface area (Å²) >= 11 is 0. The molecule has 1 unspecified atom stereocenters. The Hall–Kier alpha value is -2.11. The molecule has 0 heterocycles. The van der Waals surface area contributed by atoms with E-state index >= 15 is 0 Å². The lowest BCUT2D eigenvalue weighted by molar-refractivity contribution is -0.150. The predicted molar refractivity (Wildman–Crippen MR) is 231 cm³/mol. The summed E-state index contributed by atoms with van der Waals surface area (Å²) in [5, 5.41) is 11.1. The highest BCUT2D eigenvalue weighted by Crippen LogP contribution is 2.19. The second kappa shape index (κ2) is 43.6. The van der Waals surface area contributed by atoms with Crippen molar-refractivity contribution in [3.8, 4) is 0 Å². The van der Waals surface area contributed by atoms with Crippen molar-refractivity contribution < 1.29 is 24.2 Å². The van der Waals surface area contributed by atoms with Gasteiger partial charge in [0.15, 0.2) is 0 Å². The molecular weight excluding hydrogens is 671 g/mol. The van der Waals surface area contributed by atoms with Gasteiger partial charge in [0.05, 0.1) is 0 Å². The molecule has 0 spiro atoms. The number of ether oxygens (including phenoxy) is 1. The largest absolute Gasteiger partial charge is 0.480 e. The van der Waals surface area contributed by atoms with Gasteiger partial charge in [-0.25, -0.2) is 0 Å². The number of carbonyl (C=O) groups excluding carboxylic acids is 2. The lowest BCUT2D eigenvalue weighted by Crippen LogP contribution is -2.28. The Labute approximate surface area is 334 Å². The zero-order valence-electron chi connectivity index (χ0n) is 35.8. The van der Waals surface area contributed by atoms with Gasteiger partial charge < -0.3 is 15.2 Å². The van der Waals surface area contributed by atoms with Crippen LogP contribution in [0.4, 0.5) is 0 Å². The average molecular weight is 760 g/mol. The fraction of sp³-hybridized carbons (Fsp3) is 0.854. The third kappa shape index (κ3) is 42.6. The first-order valence-electron chi connectivity index (χ1n) is 23.5. The second-order valence-corrected chi connectivity index (χ2v) is 16.0. The molecular formula is C48H89NO5. The van der Waals surface area contributed by atoms with Crippen LogP contribution < -0.4 is 5.32 Å². The van der Waals surface area contributed by atoms with Crippen molar-refractivity contribution >= 4 is 17.8 Å². The van der Waals surface area contributed by atoms with Gasteiger partial charge in [-0.3, -0.25) is 14.4 Å². The lowest BCUT2D eigenvalue weighted by Gasteiger charge is -2.18. The van der Waals surface area contributed by atoms with Crippen LogP contribution in [0.5, 0.6) is 0 Å². The Morgan fingerprint density at radius 1 is 0.481 bits per heavy atom. The van der Waals surface area contributed by atoms with Crippen molar-refractivity contribution in [2.75, 3.05) is 6.54 Å². The molecule has 0 aliphatic rings. The number of hydrogen-bond acceptors (Lipinski definition) is 4. The average Bonchev–Trinajstić information content (AvgIpc) is 3.16. The van der Waals surface area contributed by atoms with Crippen molar-refractivity contribution in [3.63, 3.8) is 0 Å². The third-order valence-corrected chi connectivity index (χ3v) is 10.6. The van der Waals surface area contributed by atoms with E-state index in [9.17, 15) is 14.4 Å². The van der Waals surface area contributed by atoms with Gasteiger partial charge in [0.2, 0.25) is 5.91 Å². The van der Waals surface area contributed by atoms with Gasteiger partial charge in [-0.15, -0.1) is 0 Å². The summed E-state index contributed by atoms with van der Waals surface area (Å²) in [6, 6.07) is 0. The summed E-state index contributed by atoms with van der Waals surface area (Å²) in [7, 11) is 0. The first-order valence-corrected chi connectivity index (χ1v) is 23.5. The van der Waals surface area contributed by atoms with Crippen LogP contribution in [-0.2, 0) is 19.1 Å². The summed E-state index contributed by atoms with van der Waals surface area (Å²) < 4.78 is 6.03. The van der Waals surface area contributed by atoms with Crippen LogP contribution in [-0.4, -0.2) is 35.6 Å². The molecule has 1 atom stereocenters. The number of hydrogen-bond donors (Lipinski definition) is 2. The number of amides is 1. The summed E-state index contributed by atoms with van der Waals surface area (Å²) in [6.45, 7) is 4.22. The maximum atomic E-state index is 12.8. The zero-order valence-corrected chi connectivity index (χ0v) is 35.8. The van der Waals surface area contributed by atoms with Gasteiger partial charge in [-0.2, -0.15) is 0 Å². The van der Waals surface area contributed by atoms with Gasteiger partial charge >= 0.3 is 11.9 Å². The smallest absolute Gasteiger partial charge is 0.322 e. The standard InChI is InChI=1S/C48H89NO5/c1-3-5-7-9-11-13-14-15-16-17-18-19-20-21-22-23-24-25-26-28-30-35-39-43-48(53)54-45(40-36-32-29-27-12-10-8-6-4-2)41-37-33-31-34-38-42-46(50)49-44-47(51)52/h14-15,17-18,45H,3-13,16,19-44H2,1-2H3,(H,49,50)(H,51,52)/b15-14-,18-17-. The molecule has 0 aliphatic carbocycles. The Morgan fingerprint density at radius 3 is 1.28 bits per heavy atom. The van der Waals surface area contributed by atoms with Crippen molar-refractivity contribution in [1.82, 2.24) is 5.32 Å². The van der Waals surface area contributed by atoms with E-state index in [0.717, 1.165) is 70.6 Å². The first-order chi connectivity index (χ1) is 26.5. The Bertz CT molecular complexity index is 884. The molecule has 54 heavy (non-hydrogen) atoms. The van der Waals surface area contributed by atoms with Gasteiger partial charge in [-0.05, 0) is 70.6 Å². The van der Waals surface area contributed by atoms with Crippen molar-refractivity contribution in [2.24, 2.45) is 0 Å². The van der Waals surface area contributed by atoms with E-state index < -0.39 is 5.97 Å². The molecule has 0 aromatic carbocycles. The Morgan fingerprint density at radius 2 is 0.852 bits per heavy atom. The predicted octanol–water partition coefficient (Wildman–Crippen LogP) is 14.7. The molecule has 0 saturated carbocycles. The molecule has 0 bridgehead atoms. The zero-order chi connectivity index (χ0) is 39.4. The van der Waals surface area contributed by atoms with E-state index in [2.05, 4.69) is 43.5 Å². The fourth-order valence-corrected chi connectivity index (χ4v) is 7.14. The summed E-state index contributed by atoms with van der Waals surface area (Å²) in [6.07, 6.45) is 53.2. The van der Waals surface area contributed by atoms with Gasteiger partial charge in [0, 0.05) is 12.8 Å². The molecule has 0 radical (unpaired) electrons. The van der Waals surface area contributed by atoms with Crippen molar-refractivity contribution in [3.05, 3.63) is 24.3 Å². The number of rotatable bonds is 43. The highest BCUT2D eigenvalue weighted by molar-refractivity contribution is 5.80. The number of nitrogens with one attached hydrogen (secondary N) is 1. The van der Waals surface area contributed by atoms with Crippen LogP contribution in [0, 0.1) is 0 Å². The monoisotopic (exact) mass is 760 g/mol. The Kier molecular flexibility index (Phi) is 41.9. The fourth-order valence-electron chi connectivity index (χ4n) is 7.14. The number of carbonyl (C=O) groups is 3. The highest BCUT2D eigenvalue weighted by atomic mass is 16.5. The number of esters is 1. The molecule has 0 fully saturated rings. The maximum Gasteiger partial charge on any atom is 0.322 e. The molecule has 0 saturated heterocycles. The molecule has 316 valence electrons. The first kappa shape index (κ1) is 51.9. The molecule has 6 heteroatoms. The van der Waals surface area contributed by atoms with E-state index in [4.69, 9.17) is 9.84 Å². The molecule has 1 amide bonds. The van der Waals surface area contributed by atoms with E-state index in [1.807, 2.05) is 0 Å². The number of aliphatic carboxylic acids is 1. The topological polar surface area (TPSA) is 92.7 Å². The van der Waals surface area contributed by atoms with Gasteiger partial charge in [-0.1, -0.05) is 192 Å². The highest BCUT2D eigenvalue weighted by Gasteiger charge is 2.14. The molecule has 2 N–H and O–H groups in total. The SMILES string of the molecule is CCCCCCC/C=C\C/C=C\CCCCCCCCCCCCCC(=O)OC(CCCCCCCCCCC)CCCCCCCC(=O)NCC(=O)O. The molecule has 0 aromatic heterocycles. The van der Waals surface area contributed by atoms with Crippen LogP contribution in [0.1, 0.15) is 251 Å². The number of allylic oxidation sites excluding steroid dienone is 4. The van der Waals surface area contributed by atoms with E-state index in [-0.39, 0.29) is 24.5 Å². The maximum absolute atomic E-state index is 12.8. The van der Waals surface area contributed by atoms with Crippen LogP contribution in [0.3, 0.4) is 0 Å². The minimum atomic E-state index is -1.01. The molecule has 6 nitrogen and oxygen atoms in total. The van der Waals surface area contributed by atoms with Gasteiger partial charge in [0.1, 0.15) is 12.6 Å². The van der Waals surface area contributed by atoms with Crippen molar-refractivity contribution in [1.29, 1.82) is 0 Å². The number of unbranched alkanes of at least 4 members (excludes halogenated alkanes) is 28. The van der Waals surface area contributed by atoms with Crippen LogP contribution in [0.15, 0.2) is 24.3 Å². The van der Waals surface area contributed by atoms with E-state index in [1.165, 1.54) is 154 Å². The van der Waals surface area contributed by atoms with Crippen LogP contribution in [0.25, 0.3) is 0 Å². The molecule has 0 aliphatic heterocycles. The summed E-state index contributed by atoms with van der Waals surface area (Å²) in [4.78, 5) is 35.0. The van der Waals surface area contributed by atoms with Crippen LogP contribution in [0.2, 0.25) is 0 Å². The van der Waals surface area contributed by atoms with Crippen molar-refractivity contribution in [2.45, 2.75) is 258 Å². The minimum Gasteiger partial charge on any atom is -0.480 e. The molecule has 0 rings (SSSR count). The normalized spacial score (nSPS) is 12.2. The van der Waals surface area contributed by atoms with E-state index in [0.29, 0.717) is 12.8 Å². The quantitative estimate of drug-likeness (QED) is 0.0367. The summed E-state index contributed by atoms with van der Waals surface area (Å²) in [5.74, 6) is -1.22. The Balaban J connectivity index is 3.95. The minimum absolute atomic E-state index is 0.0147. The van der Waals surface area contributed by atoms with E-state index in [1.54, 1.807) is 0 Å².